The Labute approximate surface area is 124 Å². The summed E-state index contributed by atoms with van der Waals surface area (Å²) in [7, 11) is 0. The van der Waals surface area contributed by atoms with Crippen LogP contribution in [0.3, 0.4) is 0 Å². The standard InChI is InChI=1S/C12H9Cl2N3O3/c13-6-1-2-7(14)8(3-6)17-11(19)9-4-15-10(18)5-16(9)12(17)20/h1-3,9H,4-5H2,(H,15,18)/t9-/m0/s1. The molecular formula is C12H9Cl2N3O3. The van der Waals surface area contributed by atoms with Crippen molar-refractivity contribution in [2.75, 3.05) is 18.0 Å². The average molecular weight is 314 g/mol. The molecule has 0 unspecified atom stereocenters. The van der Waals surface area contributed by atoms with Crippen LogP contribution in [-0.4, -0.2) is 41.9 Å². The molecule has 3 rings (SSSR count). The lowest BCUT2D eigenvalue weighted by atomic mass is 10.2. The fourth-order valence-corrected chi connectivity index (χ4v) is 2.68. The summed E-state index contributed by atoms with van der Waals surface area (Å²) in [6, 6.07) is 3.29. The number of hydrogen-bond donors (Lipinski definition) is 1. The van der Waals surface area contributed by atoms with Crippen molar-refractivity contribution >= 4 is 46.7 Å². The van der Waals surface area contributed by atoms with Gasteiger partial charge in [0.15, 0.2) is 0 Å². The maximum atomic E-state index is 12.3. The van der Waals surface area contributed by atoms with Gasteiger partial charge in [0.1, 0.15) is 12.6 Å². The smallest absolute Gasteiger partial charge is 0.332 e. The molecule has 104 valence electrons. The van der Waals surface area contributed by atoms with Gasteiger partial charge in [0.2, 0.25) is 5.91 Å². The van der Waals surface area contributed by atoms with Crippen LogP contribution in [0.5, 0.6) is 0 Å². The summed E-state index contributed by atoms with van der Waals surface area (Å²) in [6.45, 7) is -0.0258. The minimum Gasteiger partial charge on any atom is -0.352 e. The van der Waals surface area contributed by atoms with Crippen LogP contribution in [0.25, 0.3) is 0 Å². The van der Waals surface area contributed by atoms with Crippen LogP contribution in [0.2, 0.25) is 10.0 Å². The fourth-order valence-electron chi connectivity index (χ4n) is 2.31. The van der Waals surface area contributed by atoms with Crippen LogP contribution >= 0.6 is 23.2 Å². The van der Waals surface area contributed by atoms with E-state index in [9.17, 15) is 14.4 Å². The lowest BCUT2D eigenvalue weighted by Gasteiger charge is -2.26. The van der Waals surface area contributed by atoms with Crippen LogP contribution in [-0.2, 0) is 9.59 Å². The van der Waals surface area contributed by atoms with E-state index in [4.69, 9.17) is 23.2 Å². The Hall–Kier alpha value is -1.79. The topological polar surface area (TPSA) is 69.7 Å². The third-order valence-corrected chi connectivity index (χ3v) is 3.83. The van der Waals surface area contributed by atoms with Gasteiger partial charge in [-0.1, -0.05) is 23.2 Å². The second-order valence-corrected chi connectivity index (χ2v) is 5.34. The van der Waals surface area contributed by atoms with E-state index in [1.54, 1.807) is 6.07 Å². The highest BCUT2D eigenvalue weighted by Crippen LogP contribution is 2.33. The van der Waals surface area contributed by atoms with Gasteiger partial charge in [0, 0.05) is 11.6 Å². The zero-order chi connectivity index (χ0) is 14.4. The van der Waals surface area contributed by atoms with E-state index in [-0.39, 0.29) is 29.7 Å². The van der Waals surface area contributed by atoms with Crippen molar-refractivity contribution in [1.82, 2.24) is 10.2 Å². The number of benzene rings is 1. The van der Waals surface area contributed by atoms with Crippen molar-refractivity contribution in [1.29, 1.82) is 0 Å². The van der Waals surface area contributed by atoms with Crippen molar-refractivity contribution < 1.29 is 14.4 Å². The van der Waals surface area contributed by atoms with Gasteiger partial charge < -0.3 is 10.2 Å². The summed E-state index contributed by atoms with van der Waals surface area (Å²) in [5.41, 5.74) is 0.232. The lowest BCUT2D eigenvalue weighted by molar-refractivity contribution is -0.126. The number of amides is 4. The van der Waals surface area contributed by atoms with Gasteiger partial charge in [-0.3, -0.25) is 9.59 Å². The zero-order valence-electron chi connectivity index (χ0n) is 10.1. The number of carbonyl (C=O) groups is 3. The maximum absolute atomic E-state index is 12.3. The van der Waals surface area contributed by atoms with Gasteiger partial charge in [-0.25, -0.2) is 9.69 Å². The van der Waals surface area contributed by atoms with Crippen molar-refractivity contribution in [3.63, 3.8) is 0 Å². The Kier molecular flexibility index (Phi) is 3.07. The number of fused-ring (bicyclic) bond motifs is 1. The number of urea groups is 1. The number of nitrogens with zero attached hydrogens (tertiary/aromatic N) is 2. The molecule has 2 heterocycles. The lowest BCUT2D eigenvalue weighted by Crippen LogP contribution is -2.54. The molecule has 0 saturated carbocycles. The second kappa shape index (κ2) is 4.64. The molecule has 1 atom stereocenters. The van der Waals surface area contributed by atoms with E-state index in [1.807, 2.05) is 0 Å². The molecule has 2 aliphatic rings. The summed E-state index contributed by atoms with van der Waals surface area (Å²) in [5.74, 6) is -0.708. The normalized spacial score (nSPS) is 22.1. The van der Waals surface area contributed by atoms with Crippen molar-refractivity contribution in [3.05, 3.63) is 28.2 Å². The molecule has 0 bridgehead atoms. The molecule has 0 aliphatic carbocycles. The van der Waals surface area contributed by atoms with Crippen molar-refractivity contribution in [2.24, 2.45) is 0 Å². The Morgan fingerprint density at radius 2 is 1.95 bits per heavy atom. The number of nitrogens with one attached hydrogen (secondary N) is 1. The van der Waals surface area contributed by atoms with Crippen LogP contribution in [0.1, 0.15) is 0 Å². The van der Waals surface area contributed by atoms with Crippen LogP contribution in [0, 0.1) is 0 Å². The third-order valence-electron chi connectivity index (χ3n) is 3.27. The molecular weight excluding hydrogens is 305 g/mol. The Morgan fingerprint density at radius 1 is 1.20 bits per heavy atom. The molecule has 8 heteroatoms. The van der Waals surface area contributed by atoms with Crippen LogP contribution in [0.15, 0.2) is 18.2 Å². The molecule has 1 N–H and O–H groups in total. The number of anilines is 1. The number of halogens is 2. The number of piperazine rings is 1. The highest BCUT2D eigenvalue weighted by Gasteiger charge is 2.48. The first-order chi connectivity index (χ1) is 9.49. The van der Waals surface area contributed by atoms with E-state index in [0.29, 0.717) is 5.02 Å². The number of imide groups is 1. The first kappa shape index (κ1) is 13.2. The van der Waals surface area contributed by atoms with Gasteiger partial charge in [0.25, 0.3) is 5.91 Å². The van der Waals surface area contributed by atoms with Crippen LogP contribution < -0.4 is 10.2 Å². The maximum Gasteiger partial charge on any atom is 0.332 e. The SMILES string of the molecule is O=C1CN2C(=O)N(c3cc(Cl)ccc3Cl)C(=O)[C@@H]2CN1. The molecule has 1 aromatic carbocycles. The Balaban J connectivity index is 2.02. The first-order valence-electron chi connectivity index (χ1n) is 5.85. The highest BCUT2D eigenvalue weighted by molar-refractivity contribution is 6.37. The van der Waals surface area contributed by atoms with E-state index in [2.05, 4.69) is 5.32 Å². The predicted molar refractivity (Wildman–Crippen MR) is 72.8 cm³/mol. The van der Waals surface area contributed by atoms with Gasteiger partial charge in [-0.15, -0.1) is 0 Å². The highest BCUT2D eigenvalue weighted by atomic mass is 35.5. The molecule has 0 radical (unpaired) electrons. The quantitative estimate of drug-likeness (QED) is 0.794. The molecule has 6 nitrogen and oxygen atoms in total. The number of carbonyl (C=O) groups excluding carboxylic acids is 3. The molecule has 20 heavy (non-hydrogen) atoms. The number of hydrogen-bond acceptors (Lipinski definition) is 3. The summed E-state index contributed by atoms with van der Waals surface area (Å²) in [5, 5.41) is 3.17. The summed E-state index contributed by atoms with van der Waals surface area (Å²) < 4.78 is 0. The largest absolute Gasteiger partial charge is 0.352 e. The van der Waals surface area contributed by atoms with Gasteiger partial charge in [-0.05, 0) is 18.2 Å². The third kappa shape index (κ3) is 1.92. The van der Waals surface area contributed by atoms with E-state index < -0.39 is 18.0 Å². The average Bonchev–Trinajstić information content (AvgIpc) is 2.65. The van der Waals surface area contributed by atoms with E-state index >= 15 is 0 Å². The van der Waals surface area contributed by atoms with E-state index in [0.717, 1.165) is 4.90 Å². The van der Waals surface area contributed by atoms with Crippen LogP contribution in [0.4, 0.5) is 10.5 Å². The molecule has 2 aliphatic heterocycles. The van der Waals surface area contributed by atoms with Gasteiger partial charge in [-0.2, -0.15) is 0 Å². The minimum absolute atomic E-state index is 0.109. The van der Waals surface area contributed by atoms with Gasteiger partial charge in [0.05, 0.1) is 10.7 Å². The number of rotatable bonds is 1. The molecule has 2 saturated heterocycles. The molecule has 2 fully saturated rings. The summed E-state index contributed by atoms with van der Waals surface area (Å²) in [4.78, 5) is 38.2. The Morgan fingerprint density at radius 3 is 2.70 bits per heavy atom. The summed E-state index contributed by atoms with van der Waals surface area (Å²) >= 11 is 11.9. The molecule has 4 amide bonds. The fraction of sp³-hybridized carbons (Fsp3) is 0.250. The zero-order valence-corrected chi connectivity index (χ0v) is 11.6. The van der Waals surface area contributed by atoms with E-state index in [1.165, 1.54) is 17.0 Å². The van der Waals surface area contributed by atoms with Crippen molar-refractivity contribution in [2.45, 2.75) is 6.04 Å². The first-order valence-corrected chi connectivity index (χ1v) is 6.61. The predicted octanol–water partition coefficient (Wildman–Crippen LogP) is 1.26. The van der Waals surface area contributed by atoms with Crippen molar-refractivity contribution in [3.8, 4) is 0 Å². The summed E-state index contributed by atoms with van der Waals surface area (Å²) in [6.07, 6.45) is 0. The minimum atomic E-state index is -0.685. The molecule has 0 aromatic heterocycles. The second-order valence-electron chi connectivity index (χ2n) is 4.50. The monoisotopic (exact) mass is 313 g/mol. The van der Waals surface area contributed by atoms with Gasteiger partial charge >= 0.3 is 6.03 Å². The molecule has 0 spiro atoms. The Bertz CT molecular complexity index is 634. The molecule has 1 aromatic rings.